The summed E-state index contributed by atoms with van der Waals surface area (Å²) in [6, 6.07) is 10.7. The van der Waals surface area contributed by atoms with Crippen LogP contribution in [-0.2, 0) is 16.2 Å². The third-order valence-electron chi connectivity index (χ3n) is 3.78. The van der Waals surface area contributed by atoms with Crippen molar-refractivity contribution < 1.29 is 19.1 Å². The minimum Gasteiger partial charge on any atom is -0.493 e. The third-order valence-corrected chi connectivity index (χ3v) is 5.33. The Hall–Kier alpha value is -2.48. The van der Waals surface area contributed by atoms with Crippen molar-refractivity contribution in [1.29, 1.82) is 0 Å². The fraction of sp³-hybridized carbons (Fsp3) is 0.150. The Morgan fingerprint density at radius 1 is 1.24 bits per heavy atom. The van der Waals surface area contributed by atoms with E-state index in [1.54, 1.807) is 24.3 Å². The number of benzene rings is 2. The van der Waals surface area contributed by atoms with Crippen molar-refractivity contribution in [2.45, 2.75) is 13.5 Å². The largest absolute Gasteiger partial charge is 0.493 e. The first kappa shape index (κ1) is 21.2. The van der Waals surface area contributed by atoms with Crippen molar-refractivity contribution in [3.63, 3.8) is 0 Å². The Bertz CT molecular complexity index is 1040. The molecule has 0 radical (unpaired) electrons. The molecule has 29 heavy (non-hydrogen) atoms. The zero-order valence-corrected chi connectivity index (χ0v) is 17.8. The Balaban J connectivity index is 1.81. The number of carbonyl (C=O) groups excluding carboxylic acids is 2. The number of hydrogen-bond donors (Lipinski definition) is 1. The molecule has 1 aliphatic rings. The van der Waals surface area contributed by atoms with E-state index in [2.05, 4.69) is 10.3 Å². The van der Waals surface area contributed by atoms with Crippen LogP contribution in [-0.4, -0.2) is 24.1 Å². The smallest absolute Gasteiger partial charge is 0.286 e. The molecular formula is C20H16Cl2N2O4S. The molecule has 1 N–H and O–H groups in total. The van der Waals surface area contributed by atoms with E-state index < -0.39 is 5.91 Å². The molecule has 0 saturated heterocycles. The summed E-state index contributed by atoms with van der Waals surface area (Å²) in [6.45, 7) is 1.57. The fourth-order valence-electron chi connectivity index (χ4n) is 2.49. The van der Waals surface area contributed by atoms with Crippen LogP contribution in [0.5, 0.6) is 11.5 Å². The Morgan fingerprint density at radius 2 is 2.00 bits per heavy atom. The van der Waals surface area contributed by atoms with Crippen molar-refractivity contribution in [3.05, 3.63) is 62.5 Å². The Kier molecular flexibility index (Phi) is 6.84. The van der Waals surface area contributed by atoms with E-state index in [-0.39, 0.29) is 17.7 Å². The summed E-state index contributed by atoms with van der Waals surface area (Å²) in [6.07, 6.45) is 1.62. The number of ether oxygens (including phenoxy) is 2. The van der Waals surface area contributed by atoms with Gasteiger partial charge in [-0.15, -0.1) is 0 Å². The van der Waals surface area contributed by atoms with Gasteiger partial charge in [-0.25, -0.2) is 0 Å². The first-order valence-electron chi connectivity index (χ1n) is 8.41. The topological polar surface area (TPSA) is 77.0 Å². The number of carbonyl (C=O) groups is 2. The minimum absolute atomic E-state index is 0.221. The van der Waals surface area contributed by atoms with E-state index in [1.165, 1.54) is 14.0 Å². The number of hydrogen-bond acceptors (Lipinski definition) is 5. The molecule has 3 rings (SSSR count). The van der Waals surface area contributed by atoms with Crippen molar-refractivity contribution in [1.82, 2.24) is 5.32 Å². The van der Waals surface area contributed by atoms with Gasteiger partial charge in [-0.2, -0.15) is 4.99 Å². The lowest BCUT2D eigenvalue weighted by molar-refractivity contribution is -0.117. The molecule has 0 spiro atoms. The van der Waals surface area contributed by atoms with Gasteiger partial charge in [-0.3, -0.25) is 9.59 Å². The van der Waals surface area contributed by atoms with Crippen molar-refractivity contribution in [3.8, 4) is 11.5 Å². The SMILES string of the molecule is COc1cc(C=C2SC(NC(C)=O)=NC2=O)cc(Cl)c1OCc1ccccc1Cl. The Morgan fingerprint density at radius 3 is 2.69 bits per heavy atom. The van der Waals surface area contributed by atoms with Gasteiger partial charge in [0.25, 0.3) is 5.91 Å². The highest BCUT2D eigenvalue weighted by molar-refractivity contribution is 8.18. The Labute approximate surface area is 181 Å². The number of halogens is 2. The predicted octanol–water partition coefficient (Wildman–Crippen LogP) is 4.69. The summed E-state index contributed by atoms with van der Waals surface area (Å²) in [4.78, 5) is 27.3. The van der Waals surface area contributed by atoms with Crippen molar-refractivity contribution in [2.75, 3.05) is 7.11 Å². The van der Waals surface area contributed by atoms with Gasteiger partial charge in [0, 0.05) is 17.5 Å². The maximum absolute atomic E-state index is 12.0. The maximum atomic E-state index is 12.0. The highest BCUT2D eigenvalue weighted by Crippen LogP contribution is 2.39. The lowest BCUT2D eigenvalue weighted by atomic mass is 10.1. The molecule has 2 amide bonds. The molecule has 0 unspecified atom stereocenters. The lowest BCUT2D eigenvalue weighted by Crippen LogP contribution is -2.23. The highest BCUT2D eigenvalue weighted by atomic mass is 35.5. The third kappa shape index (κ3) is 5.32. The number of thioether (sulfide) groups is 1. The molecule has 0 bridgehead atoms. The van der Waals surface area contributed by atoms with Crippen LogP contribution >= 0.6 is 35.0 Å². The summed E-state index contributed by atoms with van der Waals surface area (Å²) in [5.41, 5.74) is 1.45. The van der Waals surface area contributed by atoms with Crippen molar-refractivity contribution >= 4 is 58.0 Å². The normalized spacial score (nSPS) is 14.7. The molecule has 150 valence electrons. The van der Waals surface area contributed by atoms with Crippen LogP contribution < -0.4 is 14.8 Å². The highest BCUT2D eigenvalue weighted by Gasteiger charge is 2.23. The van der Waals surface area contributed by atoms with Gasteiger partial charge in [0.2, 0.25) is 5.91 Å². The first-order valence-corrected chi connectivity index (χ1v) is 9.98. The molecule has 1 aliphatic heterocycles. The second-order valence-corrected chi connectivity index (χ2v) is 7.77. The van der Waals surface area contributed by atoms with Gasteiger partial charge >= 0.3 is 0 Å². The molecule has 0 aromatic heterocycles. The molecule has 6 nitrogen and oxygen atoms in total. The van der Waals surface area contributed by atoms with E-state index >= 15 is 0 Å². The van der Waals surface area contributed by atoms with Gasteiger partial charge in [-0.05, 0) is 41.6 Å². The van der Waals surface area contributed by atoms with E-state index in [4.69, 9.17) is 32.7 Å². The quantitative estimate of drug-likeness (QED) is 0.668. The lowest BCUT2D eigenvalue weighted by Gasteiger charge is -2.14. The second kappa shape index (κ2) is 9.35. The van der Waals surface area contributed by atoms with Gasteiger partial charge in [0.15, 0.2) is 16.7 Å². The monoisotopic (exact) mass is 450 g/mol. The van der Waals surface area contributed by atoms with Gasteiger partial charge < -0.3 is 14.8 Å². The zero-order valence-electron chi connectivity index (χ0n) is 15.5. The summed E-state index contributed by atoms with van der Waals surface area (Å²) in [5, 5.41) is 3.65. The molecule has 2 aromatic rings. The van der Waals surface area contributed by atoms with Crippen LogP contribution in [0.2, 0.25) is 10.0 Å². The van der Waals surface area contributed by atoms with Crippen LogP contribution in [0.4, 0.5) is 0 Å². The molecular weight excluding hydrogens is 435 g/mol. The predicted molar refractivity (Wildman–Crippen MR) is 116 cm³/mol. The molecule has 0 aliphatic carbocycles. The van der Waals surface area contributed by atoms with Gasteiger partial charge in [0.1, 0.15) is 6.61 Å². The minimum atomic E-state index is -0.437. The summed E-state index contributed by atoms with van der Waals surface area (Å²) in [7, 11) is 1.50. The molecule has 0 atom stereocenters. The number of aliphatic imine (C=N–C) groups is 1. The van der Waals surface area contributed by atoms with Crippen LogP contribution in [0.1, 0.15) is 18.1 Å². The van der Waals surface area contributed by atoms with Crippen LogP contribution in [0.25, 0.3) is 6.08 Å². The molecule has 1 heterocycles. The number of rotatable bonds is 5. The van der Waals surface area contributed by atoms with Gasteiger partial charge in [-0.1, -0.05) is 41.4 Å². The maximum Gasteiger partial charge on any atom is 0.286 e. The first-order chi connectivity index (χ1) is 13.9. The average molecular weight is 451 g/mol. The van der Waals surface area contributed by atoms with Crippen LogP contribution in [0, 0.1) is 0 Å². The van der Waals surface area contributed by atoms with Crippen molar-refractivity contribution in [2.24, 2.45) is 4.99 Å². The number of amides is 2. The van der Waals surface area contributed by atoms with E-state index in [0.717, 1.165) is 17.3 Å². The summed E-state index contributed by atoms with van der Waals surface area (Å²) in [5.74, 6) is 0.0506. The van der Waals surface area contributed by atoms with Crippen LogP contribution in [0.3, 0.4) is 0 Å². The number of amidine groups is 1. The zero-order chi connectivity index (χ0) is 21.0. The summed E-state index contributed by atoms with van der Waals surface area (Å²) >= 11 is 13.6. The molecule has 0 saturated carbocycles. The van der Waals surface area contributed by atoms with E-state index in [9.17, 15) is 9.59 Å². The number of nitrogens with zero attached hydrogens (tertiary/aromatic N) is 1. The van der Waals surface area contributed by atoms with Crippen LogP contribution in [0.15, 0.2) is 46.3 Å². The summed E-state index contributed by atoms with van der Waals surface area (Å²) < 4.78 is 11.2. The number of nitrogens with one attached hydrogen (secondary N) is 1. The molecule has 9 heteroatoms. The van der Waals surface area contributed by atoms with E-state index in [1.807, 2.05) is 18.2 Å². The standard InChI is InChI=1S/C20H16Cl2N2O4S/c1-11(25)23-20-24-19(26)17(29-20)9-12-7-15(22)18(16(8-12)27-2)28-10-13-5-3-4-6-14(13)21/h3-9H,10H2,1-2H3,(H,23,24,25,26). The number of methoxy groups -OCH3 is 1. The molecule has 2 aromatic carbocycles. The molecule has 0 fully saturated rings. The van der Waals surface area contributed by atoms with Gasteiger partial charge in [0.05, 0.1) is 17.0 Å². The average Bonchev–Trinajstić information content (AvgIpc) is 2.99. The van der Waals surface area contributed by atoms with E-state index in [0.29, 0.717) is 32.0 Å². The fourth-order valence-corrected chi connectivity index (χ4v) is 3.82. The second-order valence-electron chi connectivity index (χ2n) is 5.93.